The first-order valence-corrected chi connectivity index (χ1v) is 6.04. The number of ether oxygens (including phenoxy) is 2. The third kappa shape index (κ3) is 2.94. The third-order valence-corrected chi connectivity index (χ3v) is 2.81. The number of anilines is 2. The fraction of sp³-hybridized carbons (Fsp3) is 0.308. The van der Waals surface area contributed by atoms with Gasteiger partial charge in [-0.25, -0.2) is 0 Å². The molecule has 0 atom stereocenters. The predicted molar refractivity (Wildman–Crippen MR) is 75.3 cm³/mol. The van der Waals surface area contributed by atoms with E-state index in [4.69, 9.17) is 15.2 Å². The summed E-state index contributed by atoms with van der Waals surface area (Å²) in [5, 5.41) is 0. The van der Waals surface area contributed by atoms with Crippen LogP contribution in [0.25, 0.3) is 0 Å². The fourth-order valence-corrected chi connectivity index (χ4v) is 1.63. The number of nitrogens with zero attached hydrogens (tertiary/aromatic N) is 4. The summed E-state index contributed by atoms with van der Waals surface area (Å²) in [5.41, 5.74) is 7.57. The molecule has 0 radical (unpaired) electrons. The number of rotatable bonds is 5. The first-order valence-electron chi connectivity index (χ1n) is 6.04. The number of benzene rings is 1. The largest absolute Gasteiger partial charge is 0.467 e. The molecule has 2 aromatic rings. The van der Waals surface area contributed by atoms with Gasteiger partial charge in [-0.15, -0.1) is 4.98 Å². The van der Waals surface area contributed by atoms with Gasteiger partial charge in [-0.3, -0.25) is 0 Å². The first kappa shape index (κ1) is 14.0. The molecular weight excluding hydrogens is 258 g/mol. The van der Waals surface area contributed by atoms with Crippen molar-refractivity contribution in [1.29, 1.82) is 0 Å². The lowest BCUT2D eigenvalue weighted by Crippen LogP contribution is -2.15. The lowest BCUT2D eigenvalue weighted by atomic mass is 10.2. The highest BCUT2D eigenvalue weighted by Gasteiger charge is 2.12. The van der Waals surface area contributed by atoms with E-state index in [9.17, 15) is 0 Å². The van der Waals surface area contributed by atoms with Crippen molar-refractivity contribution in [2.75, 3.05) is 26.2 Å². The molecule has 2 N–H and O–H groups in total. The van der Waals surface area contributed by atoms with Crippen LogP contribution in [0.5, 0.6) is 12.0 Å². The lowest BCUT2D eigenvalue weighted by Gasteiger charge is -2.18. The van der Waals surface area contributed by atoms with Crippen molar-refractivity contribution >= 4 is 11.6 Å². The second kappa shape index (κ2) is 6.16. The normalized spacial score (nSPS) is 10.2. The highest BCUT2D eigenvalue weighted by atomic mass is 16.5. The van der Waals surface area contributed by atoms with E-state index in [1.165, 1.54) is 14.2 Å². The molecule has 20 heavy (non-hydrogen) atoms. The lowest BCUT2D eigenvalue weighted by molar-refractivity contribution is 0.340. The maximum absolute atomic E-state index is 5.58. The van der Waals surface area contributed by atoms with Gasteiger partial charge < -0.3 is 20.1 Å². The van der Waals surface area contributed by atoms with Gasteiger partial charge in [-0.1, -0.05) is 12.1 Å². The van der Waals surface area contributed by atoms with Crippen molar-refractivity contribution in [3.05, 3.63) is 29.8 Å². The molecule has 0 aliphatic heterocycles. The number of hydrogen-bond acceptors (Lipinski definition) is 7. The summed E-state index contributed by atoms with van der Waals surface area (Å²) in [4.78, 5) is 14.2. The summed E-state index contributed by atoms with van der Waals surface area (Å²) < 4.78 is 10.1. The quantitative estimate of drug-likeness (QED) is 0.874. The molecule has 0 saturated carbocycles. The SMILES string of the molecule is COc1nc(OC)nc(N(C)c2ccc(CN)cc2)n1. The van der Waals surface area contributed by atoms with Crippen LogP contribution in [-0.4, -0.2) is 36.2 Å². The maximum atomic E-state index is 5.58. The smallest absolute Gasteiger partial charge is 0.324 e. The topological polar surface area (TPSA) is 86.4 Å². The molecule has 106 valence electrons. The Morgan fingerprint density at radius 2 is 1.55 bits per heavy atom. The predicted octanol–water partition coefficient (Wildman–Crippen LogP) is 1.12. The van der Waals surface area contributed by atoms with Crippen molar-refractivity contribution in [2.24, 2.45) is 5.73 Å². The minimum absolute atomic E-state index is 0.206. The minimum atomic E-state index is 0.206. The van der Waals surface area contributed by atoms with Crippen LogP contribution in [-0.2, 0) is 6.54 Å². The van der Waals surface area contributed by atoms with Gasteiger partial charge in [0.2, 0.25) is 5.95 Å². The highest BCUT2D eigenvalue weighted by molar-refractivity contribution is 5.56. The van der Waals surface area contributed by atoms with E-state index >= 15 is 0 Å². The van der Waals surface area contributed by atoms with E-state index < -0.39 is 0 Å². The van der Waals surface area contributed by atoms with Crippen LogP contribution in [0.2, 0.25) is 0 Å². The molecule has 0 unspecified atom stereocenters. The Hall–Kier alpha value is -2.41. The summed E-state index contributed by atoms with van der Waals surface area (Å²) in [6.07, 6.45) is 0. The average Bonchev–Trinajstić information content (AvgIpc) is 2.53. The number of hydrogen-bond donors (Lipinski definition) is 1. The van der Waals surface area contributed by atoms with Crippen molar-refractivity contribution in [3.63, 3.8) is 0 Å². The Balaban J connectivity index is 2.33. The molecule has 0 bridgehead atoms. The molecule has 7 heteroatoms. The van der Waals surface area contributed by atoms with E-state index in [0.717, 1.165) is 11.3 Å². The molecule has 0 saturated heterocycles. The van der Waals surface area contributed by atoms with E-state index in [1.54, 1.807) is 0 Å². The summed E-state index contributed by atoms with van der Waals surface area (Å²) in [6, 6.07) is 8.23. The van der Waals surface area contributed by atoms with Gasteiger partial charge in [-0.05, 0) is 17.7 Å². The molecule has 0 aliphatic carbocycles. The number of methoxy groups -OCH3 is 2. The van der Waals surface area contributed by atoms with Crippen LogP contribution in [0.3, 0.4) is 0 Å². The van der Waals surface area contributed by atoms with E-state index in [2.05, 4.69) is 15.0 Å². The zero-order valence-electron chi connectivity index (χ0n) is 11.7. The van der Waals surface area contributed by atoms with Crippen LogP contribution in [0, 0.1) is 0 Å². The van der Waals surface area contributed by atoms with Crippen LogP contribution in [0.4, 0.5) is 11.6 Å². The fourth-order valence-electron chi connectivity index (χ4n) is 1.63. The zero-order chi connectivity index (χ0) is 14.5. The van der Waals surface area contributed by atoms with Crippen LogP contribution < -0.4 is 20.1 Å². The number of aromatic nitrogens is 3. The van der Waals surface area contributed by atoms with Crippen molar-refractivity contribution in [2.45, 2.75) is 6.54 Å². The van der Waals surface area contributed by atoms with Gasteiger partial charge in [-0.2, -0.15) is 9.97 Å². The molecule has 1 aromatic carbocycles. The van der Waals surface area contributed by atoms with E-state index in [-0.39, 0.29) is 12.0 Å². The zero-order valence-corrected chi connectivity index (χ0v) is 11.7. The molecule has 1 heterocycles. The molecule has 0 fully saturated rings. The van der Waals surface area contributed by atoms with Gasteiger partial charge in [0.25, 0.3) is 0 Å². The first-order chi connectivity index (χ1) is 9.67. The Kier molecular flexibility index (Phi) is 4.31. The van der Waals surface area contributed by atoms with Crippen molar-refractivity contribution < 1.29 is 9.47 Å². The summed E-state index contributed by atoms with van der Waals surface area (Å²) in [7, 11) is 4.84. The second-order valence-corrected chi connectivity index (χ2v) is 4.04. The Labute approximate surface area is 117 Å². The molecule has 0 aliphatic rings. The van der Waals surface area contributed by atoms with Gasteiger partial charge in [0.1, 0.15) is 0 Å². The molecule has 0 spiro atoms. The summed E-state index contributed by atoms with van der Waals surface area (Å²) >= 11 is 0. The molecule has 1 aromatic heterocycles. The van der Waals surface area contributed by atoms with Gasteiger partial charge in [0.15, 0.2) is 0 Å². The van der Waals surface area contributed by atoms with Crippen molar-refractivity contribution in [3.8, 4) is 12.0 Å². The maximum Gasteiger partial charge on any atom is 0.324 e. The van der Waals surface area contributed by atoms with Gasteiger partial charge in [0, 0.05) is 19.3 Å². The average molecular weight is 275 g/mol. The Morgan fingerprint density at radius 3 is 2.00 bits per heavy atom. The van der Waals surface area contributed by atoms with Gasteiger partial charge in [0.05, 0.1) is 14.2 Å². The minimum Gasteiger partial charge on any atom is -0.467 e. The summed E-state index contributed by atoms with van der Waals surface area (Å²) in [5.74, 6) is 0.439. The third-order valence-electron chi connectivity index (χ3n) is 2.81. The molecule has 0 amide bonds. The molecule has 7 nitrogen and oxygen atoms in total. The molecular formula is C13H17N5O2. The van der Waals surface area contributed by atoms with Gasteiger partial charge >= 0.3 is 12.0 Å². The highest BCUT2D eigenvalue weighted by Crippen LogP contribution is 2.23. The van der Waals surface area contributed by atoms with Crippen molar-refractivity contribution in [1.82, 2.24) is 15.0 Å². The van der Waals surface area contributed by atoms with E-state index in [1.807, 2.05) is 36.2 Å². The second-order valence-electron chi connectivity index (χ2n) is 4.04. The van der Waals surface area contributed by atoms with Crippen LogP contribution in [0.1, 0.15) is 5.56 Å². The summed E-state index contributed by atoms with van der Waals surface area (Å²) in [6.45, 7) is 0.511. The monoisotopic (exact) mass is 275 g/mol. The molecule has 2 rings (SSSR count). The number of nitrogens with two attached hydrogens (primary N) is 1. The standard InChI is InChI=1S/C13H17N5O2/c1-18(10-6-4-9(8-14)5-7-10)11-15-12(19-2)17-13(16-11)20-3/h4-7H,8,14H2,1-3H3. The van der Waals surface area contributed by atoms with Crippen LogP contribution in [0.15, 0.2) is 24.3 Å². The Bertz CT molecular complexity index is 551. The Morgan fingerprint density at radius 1 is 1.00 bits per heavy atom. The van der Waals surface area contributed by atoms with E-state index in [0.29, 0.717) is 12.5 Å². The van der Waals surface area contributed by atoms with Crippen LogP contribution >= 0.6 is 0 Å².